The van der Waals surface area contributed by atoms with Crippen molar-refractivity contribution < 1.29 is 4.79 Å². The second-order valence-electron chi connectivity index (χ2n) is 3.91. The molecule has 0 aromatic carbocycles. The molecule has 1 rings (SSSR count). The van der Waals surface area contributed by atoms with E-state index in [-0.39, 0.29) is 11.3 Å². The van der Waals surface area contributed by atoms with Gasteiger partial charge >= 0.3 is 0 Å². The lowest BCUT2D eigenvalue weighted by atomic mass is 9.84. The first-order chi connectivity index (χ1) is 4.52. The Morgan fingerprint density at radius 3 is 2.40 bits per heavy atom. The molecule has 58 valence electrons. The number of hydrogen-bond donors (Lipinski definition) is 1. The molecule has 10 heavy (non-hydrogen) atoms. The van der Waals surface area contributed by atoms with Crippen LogP contribution in [0.15, 0.2) is 0 Å². The van der Waals surface area contributed by atoms with Crippen molar-refractivity contribution in [3.8, 4) is 0 Å². The Hall–Kier alpha value is -0.530. The van der Waals surface area contributed by atoms with E-state index >= 15 is 0 Å². The molecule has 0 bridgehead atoms. The molecule has 0 radical (unpaired) electrons. The molecule has 1 amide bonds. The molecular weight excluding hydrogens is 126 g/mol. The molecule has 0 aliphatic heterocycles. The summed E-state index contributed by atoms with van der Waals surface area (Å²) in [6.07, 6.45) is 3.10. The van der Waals surface area contributed by atoms with Crippen LogP contribution >= 0.6 is 0 Å². The molecule has 1 fully saturated rings. The van der Waals surface area contributed by atoms with Crippen LogP contribution in [0.25, 0.3) is 0 Å². The molecule has 0 heterocycles. The lowest BCUT2D eigenvalue weighted by Crippen LogP contribution is -2.24. The SMILES string of the molecule is CC(C)(CC(N)=O)C1CC1. The van der Waals surface area contributed by atoms with Crippen LogP contribution in [0.3, 0.4) is 0 Å². The third-order valence-corrected chi connectivity index (χ3v) is 2.31. The van der Waals surface area contributed by atoms with Crippen LogP contribution < -0.4 is 5.73 Å². The molecule has 0 aromatic heterocycles. The van der Waals surface area contributed by atoms with Crippen molar-refractivity contribution in [1.29, 1.82) is 0 Å². The zero-order chi connectivity index (χ0) is 7.78. The molecule has 2 heteroatoms. The normalized spacial score (nSPS) is 19.0. The van der Waals surface area contributed by atoms with Crippen molar-refractivity contribution in [3.05, 3.63) is 0 Å². The minimum atomic E-state index is -0.170. The van der Waals surface area contributed by atoms with Gasteiger partial charge in [0, 0.05) is 6.42 Å². The van der Waals surface area contributed by atoms with E-state index in [1.54, 1.807) is 0 Å². The Bertz CT molecular complexity index is 147. The summed E-state index contributed by atoms with van der Waals surface area (Å²) in [5.74, 6) is 0.580. The molecule has 0 aromatic rings. The van der Waals surface area contributed by atoms with E-state index in [1.807, 2.05) is 0 Å². The van der Waals surface area contributed by atoms with Gasteiger partial charge in [0.2, 0.25) is 5.91 Å². The van der Waals surface area contributed by atoms with Crippen molar-refractivity contribution >= 4 is 5.91 Å². The fourth-order valence-corrected chi connectivity index (χ4v) is 1.46. The fraction of sp³-hybridized carbons (Fsp3) is 0.875. The number of amides is 1. The maximum Gasteiger partial charge on any atom is 0.217 e. The van der Waals surface area contributed by atoms with Crippen molar-refractivity contribution in [3.63, 3.8) is 0 Å². The van der Waals surface area contributed by atoms with Crippen LogP contribution in [-0.4, -0.2) is 5.91 Å². The summed E-state index contributed by atoms with van der Waals surface area (Å²) < 4.78 is 0. The van der Waals surface area contributed by atoms with Gasteiger partial charge in [0.15, 0.2) is 0 Å². The number of nitrogens with two attached hydrogens (primary N) is 1. The zero-order valence-corrected chi connectivity index (χ0v) is 6.68. The summed E-state index contributed by atoms with van der Waals surface area (Å²) in [7, 11) is 0. The van der Waals surface area contributed by atoms with Gasteiger partial charge in [-0.2, -0.15) is 0 Å². The van der Waals surface area contributed by atoms with Gasteiger partial charge in [0.1, 0.15) is 0 Å². The summed E-state index contributed by atoms with van der Waals surface area (Å²) in [4.78, 5) is 10.6. The lowest BCUT2D eigenvalue weighted by Gasteiger charge is -2.21. The Kier molecular flexibility index (Phi) is 1.71. The largest absolute Gasteiger partial charge is 0.370 e. The van der Waals surface area contributed by atoms with Crippen LogP contribution in [0.5, 0.6) is 0 Å². The van der Waals surface area contributed by atoms with E-state index in [9.17, 15) is 4.79 Å². The van der Waals surface area contributed by atoms with Gasteiger partial charge in [-0.25, -0.2) is 0 Å². The molecule has 2 N–H and O–H groups in total. The van der Waals surface area contributed by atoms with Crippen LogP contribution in [-0.2, 0) is 4.79 Å². The summed E-state index contributed by atoms with van der Waals surface area (Å²) in [6.45, 7) is 4.24. The number of carbonyl (C=O) groups excluding carboxylic acids is 1. The van der Waals surface area contributed by atoms with Gasteiger partial charge < -0.3 is 5.73 Å². The Labute approximate surface area is 61.8 Å². The predicted octanol–water partition coefficient (Wildman–Crippen LogP) is 1.30. The number of primary amides is 1. The first kappa shape index (κ1) is 7.58. The van der Waals surface area contributed by atoms with Crippen LogP contribution in [0, 0.1) is 11.3 Å². The fourth-order valence-electron chi connectivity index (χ4n) is 1.46. The number of rotatable bonds is 3. The third kappa shape index (κ3) is 1.72. The third-order valence-electron chi connectivity index (χ3n) is 2.31. The van der Waals surface area contributed by atoms with Crippen molar-refractivity contribution in [1.82, 2.24) is 0 Å². The molecule has 0 unspecified atom stereocenters. The van der Waals surface area contributed by atoms with Gasteiger partial charge in [-0.1, -0.05) is 13.8 Å². The highest BCUT2D eigenvalue weighted by molar-refractivity contribution is 5.74. The van der Waals surface area contributed by atoms with Crippen LogP contribution in [0.1, 0.15) is 33.1 Å². The average Bonchev–Trinajstić information content (AvgIpc) is 2.35. The van der Waals surface area contributed by atoms with Crippen LogP contribution in [0.4, 0.5) is 0 Å². The van der Waals surface area contributed by atoms with E-state index in [1.165, 1.54) is 12.8 Å². The standard InChI is InChI=1S/C8H15NO/c1-8(2,5-7(9)10)6-3-4-6/h6H,3-5H2,1-2H3,(H2,9,10). The highest BCUT2D eigenvalue weighted by atomic mass is 16.1. The minimum absolute atomic E-state index is 0.159. The average molecular weight is 141 g/mol. The van der Waals surface area contributed by atoms with E-state index in [4.69, 9.17) is 5.73 Å². The molecule has 0 saturated heterocycles. The molecule has 2 nitrogen and oxygen atoms in total. The molecule has 1 aliphatic carbocycles. The molecule has 1 aliphatic rings. The second kappa shape index (κ2) is 2.26. The molecule has 1 saturated carbocycles. The van der Waals surface area contributed by atoms with Gasteiger partial charge in [-0.15, -0.1) is 0 Å². The van der Waals surface area contributed by atoms with Crippen molar-refractivity contribution in [2.24, 2.45) is 17.1 Å². The van der Waals surface area contributed by atoms with E-state index in [2.05, 4.69) is 13.8 Å². The van der Waals surface area contributed by atoms with E-state index < -0.39 is 0 Å². The zero-order valence-electron chi connectivity index (χ0n) is 6.68. The highest BCUT2D eigenvalue weighted by Gasteiger charge is 2.38. The topological polar surface area (TPSA) is 43.1 Å². The van der Waals surface area contributed by atoms with E-state index in [0.29, 0.717) is 6.42 Å². The van der Waals surface area contributed by atoms with E-state index in [0.717, 1.165) is 5.92 Å². The van der Waals surface area contributed by atoms with Gasteiger partial charge in [-0.05, 0) is 24.2 Å². The summed E-state index contributed by atoms with van der Waals surface area (Å²) >= 11 is 0. The van der Waals surface area contributed by atoms with Crippen LogP contribution in [0.2, 0.25) is 0 Å². The summed E-state index contributed by atoms with van der Waals surface area (Å²) in [5.41, 5.74) is 5.26. The maximum absolute atomic E-state index is 10.6. The van der Waals surface area contributed by atoms with Gasteiger partial charge in [0.05, 0.1) is 0 Å². The number of hydrogen-bond acceptors (Lipinski definition) is 1. The Morgan fingerprint density at radius 1 is 1.60 bits per heavy atom. The Morgan fingerprint density at radius 2 is 2.10 bits per heavy atom. The first-order valence-corrected chi connectivity index (χ1v) is 3.81. The second-order valence-corrected chi connectivity index (χ2v) is 3.91. The highest BCUT2D eigenvalue weighted by Crippen LogP contribution is 2.46. The summed E-state index contributed by atoms with van der Waals surface area (Å²) in [6, 6.07) is 0. The van der Waals surface area contributed by atoms with Gasteiger partial charge in [-0.3, -0.25) is 4.79 Å². The molecular formula is C8H15NO. The summed E-state index contributed by atoms with van der Waals surface area (Å²) in [5, 5.41) is 0. The molecule has 0 atom stereocenters. The van der Waals surface area contributed by atoms with Crippen molar-refractivity contribution in [2.75, 3.05) is 0 Å². The lowest BCUT2D eigenvalue weighted by molar-refractivity contribution is -0.120. The molecule has 0 spiro atoms. The van der Waals surface area contributed by atoms with Gasteiger partial charge in [0.25, 0.3) is 0 Å². The monoisotopic (exact) mass is 141 g/mol. The smallest absolute Gasteiger partial charge is 0.217 e. The minimum Gasteiger partial charge on any atom is -0.370 e. The predicted molar refractivity (Wildman–Crippen MR) is 40.3 cm³/mol. The quantitative estimate of drug-likeness (QED) is 0.632. The first-order valence-electron chi connectivity index (χ1n) is 3.81. The number of carbonyl (C=O) groups is 1. The maximum atomic E-state index is 10.6. The van der Waals surface area contributed by atoms with Crippen molar-refractivity contribution in [2.45, 2.75) is 33.1 Å². The Balaban J connectivity index is 2.41.